The first-order chi connectivity index (χ1) is 11.4. The van der Waals surface area contributed by atoms with Crippen LogP contribution in [0.2, 0.25) is 0 Å². The number of rotatable bonds is 5. The van der Waals surface area contributed by atoms with E-state index in [2.05, 4.69) is 20.6 Å². The Morgan fingerprint density at radius 2 is 2.00 bits per heavy atom. The number of aromatic nitrogens is 1. The molecule has 10 heteroatoms. The van der Waals surface area contributed by atoms with Crippen molar-refractivity contribution >= 4 is 41.3 Å². The van der Waals surface area contributed by atoms with Crippen molar-refractivity contribution < 1.29 is 17.9 Å². The standard InChI is InChI=1S/C15H17F3N4OS.HI/c1-19-14(20-7-10-4-3-5-11(6-10)23-2)21-8-13-22-12(9-24-13)15(16,17)18;/h3-6,9H,7-8H2,1-2H3,(H2,19,20,21);1H. The lowest BCUT2D eigenvalue weighted by Crippen LogP contribution is -2.36. The summed E-state index contributed by atoms with van der Waals surface area (Å²) in [6, 6.07) is 7.54. The molecule has 1 heterocycles. The van der Waals surface area contributed by atoms with Crippen LogP contribution < -0.4 is 15.4 Å². The molecule has 0 radical (unpaired) electrons. The monoisotopic (exact) mass is 486 g/mol. The van der Waals surface area contributed by atoms with Crippen LogP contribution in [0.3, 0.4) is 0 Å². The zero-order valence-corrected chi connectivity index (χ0v) is 16.7. The normalized spacial score (nSPS) is 11.6. The molecule has 5 nitrogen and oxygen atoms in total. The SMILES string of the molecule is CN=C(NCc1cccc(OC)c1)NCc1nc(C(F)(F)F)cs1.I. The van der Waals surface area contributed by atoms with Gasteiger partial charge in [-0.25, -0.2) is 4.98 Å². The third-order valence-corrected chi connectivity index (χ3v) is 3.92. The van der Waals surface area contributed by atoms with Gasteiger partial charge < -0.3 is 15.4 Å². The average Bonchev–Trinajstić information content (AvgIpc) is 3.04. The van der Waals surface area contributed by atoms with Crippen LogP contribution in [0.15, 0.2) is 34.6 Å². The van der Waals surface area contributed by atoms with Crippen LogP contribution in [-0.2, 0) is 19.3 Å². The van der Waals surface area contributed by atoms with Gasteiger partial charge in [-0.05, 0) is 17.7 Å². The quantitative estimate of drug-likeness (QED) is 0.385. The minimum Gasteiger partial charge on any atom is -0.497 e. The minimum atomic E-state index is -4.42. The van der Waals surface area contributed by atoms with Crippen molar-refractivity contribution in [1.82, 2.24) is 15.6 Å². The second kappa shape index (κ2) is 9.80. The Labute approximate surface area is 164 Å². The van der Waals surface area contributed by atoms with Crippen LogP contribution in [-0.4, -0.2) is 25.1 Å². The highest BCUT2D eigenvalue weighted by molar-refractivity contribution is 14.0. The molecule has 2 N–H and O–H groups in total. The highest BCUT2D eigenvalue weighted by atomic mass is 127. The van der Waals surface area contributed by atoms with Gasteiger partial charge in [-0.15, -0.1) is 35.3 Å². The summed E-state index contributed by atoms with van der Waals surface area (Å²) in [6.07, 6.45) is -4.42. The predicted molar refractivity (Wildman–Crippen MR) is 103 cm³/mol. The van der Waals surface area contributed by atoms with E-state index in [9.17, 15) is 13.2 Å². The number of guanidine groups is 1. The first-order valence-corrected chi connectivity index (χ1v) is 7.89. The molecule has 0 aliphatic heterocycles. The topological polar surface area (TPSA) is 58.5 Å². The highest BCUT2D eigenvalue weighted by Crippen LogP contribution is 2.29. The van der Waals surface area contributed by atoms with Gasteiger partial charge in [0.15, 0.2) is 11.7 Å². The van der Waals surface area contributed by atoms with Crippen LogP contribution in [0.25, 0.3) is 0 Å². The van der Waals surface area contributed by atoms with E-state index in [1.165, 1.54) is 0 Å². The van der Waals surface area contributed by atoms with Crippen molar-refractivity contribution in [1.29, 1.82) is 0 Å². The molecule has 0 aliphatic rings. The van der Waals surface area contributed by atoms with E-state index in [4.69, 9.17) is 4.74 Å². The van der Waals surface area contributed by atoms with Gasteiger partial charge >= 0.3 is 6.18 Å². The van der Waals surface area contributed by atoms with Gasteiger partial charge in [0.1, 0.15) is 10.8 Å². The van der Waals surface area contributed by atoms with E-state index < -0.39 is 11.9 Å². The summed E-state index contributed by atoms with van der Waals surface area (Å²) in [5, 5.41) is 7.36. The van der Waals surface area contributed by atoms with Crippen molar-refractivity contribution in [2.24, 2.45) is 4.99 Å². The van der Waals surface area contributed by atoms with Gasteiger partial charge in [-0.2, -0.15) is 13.2 Å². The number of aliphatic imine (C=N–C) groups is 1. The Kier molecular flexibility index (Phi) is 8.42. The summed E-state index contributed by atoms with van der Waals surface area (Å²) in [7, 11) is 3.18. The smallest absolute Gasteiger partial charge is 0.434 e. The number of benzene rings is 1. The predicted octanol–water partition coefficient (Wildman–Crippen LogP) is 3.65. The van der Waals surface area contributed by atoms with Gasteiger partial charge in [0.05, 0.1) is 13.7 Å². The Morgan fingerprint density at radius 3 is 2.60 bits per heavy atom. The molecule has 0 saturated carbocycles. The number of hydrogen-bond donors (Lipinski definition) is 2. The Morgan fingerprint density at radius 1 is 1.28 bits per heavy atom. The van der Waals surface area contributed by atoms with E-state index in [1.54, 1.807) is 14.2 Å². The second-order valence-electron chi connectivity index (χ2n) is 4.76. The van der Waals surface area contributed by atoms with Gasteiger partial charge in [0.2, 0.25) is 0 Å². The maximum atomic E-state index is 12.5. The molecule has 0 amide bonds. The molecule has 0 spiro atoms. The molecule has 2 rings (SSSR count). The average molecular weight is 486 g/mol. The molecule has 2 aromatic rings. The summed E-state index contributed by atoms with van der Waals surface area (Å²) in [5.41, 5.74) is 0.120. The summed E-state index contributed by atoms with van der Waals surface area (Å²) in [4.78, 5) is 7.59. The Balaban J connectivity index is 0.00000312. The van der Waals surface area contributed by atoms with Crippen LogP contribution in [0.1, 0.15) is 16.3 Å². The highest BCUT2D eigenvalue weighted by Gasteiger charge is 2.33. The Bertz CT molecular complexity index is 706. The maximum absolute atomic E-state index is 12.5. The number of hydrogen-bond acceptors (Lipinski definition) is 4. The van der Waals surface area contributed by atoms with Crippen LogP contribution in [0.5, 0.6) is 5.75 Å². The van der Waals surface area contributed by atoms with Crippen LogP contribution in [0, 0.1) is 0 Å². The molecule has 0 bridgehead atoms. The zero-order valence-electron chi connectivity index (χ0n) is 13.6. The van der Waals surface area contributed by atoms with Crippen molar-refractivity contribution in [3.05, 3.63) is 45.9 Å². The molecule has 0 aliphatic carbocycles. The Hall–Kier alpha value is -1.56. The van der Waals surface area contributed by atoms with E-state index in [1.807, 2.05) is 24.3 Å². The first-order valence-electron chi connectivity index (χ1n) is 7.01. The van der Waals surface area contributed by atoms with Crippen molar-refractivity contribution in [2.45, 2.75) is 19.3 Å². The molecule has 0 atom stereocenters. The number of nitrogens with one attached hydrogen (secondary N) is 2. The van der Waals surface area contributed by atoms with Gasteiger partial charge in [-0.1, -0.05) is 12.1 Å². The fourth-order valence-electron chi connectivity index (χ4n) is 1.87. The number of alkyl halides is 3. The van der Waals surface area contributed by atoms with E-state index in [0.29, 0.717) is 17.5 Å². The van der Waals surface area contributed by atoms with E-state index in [0.717, 1.165) is 28.0 Å². The minimum absolute atomic E-state index is 0. The molecular formula is C15H18F3IN4OS. The van der Waals surface area contributed by atoms with Crippen molar-refractivity contribution in [3.8, 4) is 5.75 Å². The lowest BCUT2D eigenvalue weighted by Gasteiger charge is -2.11. The second-order valence-corrected chi connectivity index (χ2v) is 5.70. The molecule has 0 fully saturated rings. The molecular weight excluding hydrogens is 468 g/mol. The molecule has 1 aromatic heterocycles. The van der Waals surface area contributed by atoms with Gasteiger partial charge in [0, 0.05) is 19.0 Å². The van der Waals surface area contributed by atoms with E-state index >= 15 is 0 Å². The van der Waals surface area contributed by atoms with E-state index in [-0.39, 0.29) is 30.5 Å². The third-order valence-electron chi connectivity index (χ3n) is 3.07. The summed E-state index contributed by atoms with van der Waals surface area (Å²) < 4.78 is 42.7. The number of methoxy groups -OCH3 is 1. The van der Waals surface area contributed by atoms with Crippen LogP contribution >= 0.6 is 35.3 Å². The van der Waals surface area contributed by atoms with Gasteiger partial charge in [0.25, 0.3) is 0 Å². The van der Waals surface area contributed by atoms with Gasteiger partial charge in [-0.3, -0.25) is 4.99 Å². The number of nitrogens with zero attached hydrogens (tertiary/aromatic N) is 2. The number of thiazole rings is 1. The lowest BCUT2D eigenvalue weighted by atomic mass is 10.2. The zero-order chi connectivity index (χ0) is 17.6. The number of halogens is 4. The molecule has 0 unspecified atom stereocenters. The fraction of sp³-hybridized carbons (Fsp3) is 0.333. The third kappa shape index (κ3) is 6.69. The fourth-order valence-corrected chi connectivity index (χ4v) is 2.61. The summed E-state index contributed by atoms with van der Waals surface area (Å²) in [6.45, 7) is 0.668. The lowest BCUT2D eigenvalue weighted by molar-refractivity contribution is -0.140. The molecule has 138 valence electrons. The maximum Gasteiger partial charge on any atom is 0.434 e. The first kappa shape index (κ1) is 21.5. The summed E-state index contributed by atoms with van der Waals surface area (Å²) in [5.74, 6) is 1.22. The number of ether oxygens (including phenoxy) is 1. The van der Waals surface area contributed by atoms with Crippen LogP contribution in [0.4, 0.5) is 13.2 Å². The largest absolute Gasteiger partial charge is 0.497 e. The van der Waals surface area contributed by atoms with Crippen molar-refractivity contribution in [3.63, 3.8) is 0 Å². The van der Waals surface area contributed by atoms with Crippen molar-refractivity contribution in [2.75, 3.05) is 14.2 Å². The molecule has 1 aromatic carbocycles. The molecule has 25 heavy (non-hydrogen) atoms. The summed E-state index contributed by atoms with van der Waals surface area (Å²) >= 11 is 0.955. The molecule has 0 saturated heterocycles.